The molecule has 0 bridgehead atoms. The summed E-state index contributed by atoms with van der Waals surface area (Å²) in [6.07, 6.45) is -0.443. The van der Waals surface area contributed by atoms with Crippen molar-refractivity contribution >= 4 is 29.7 Å². The molecule has 0 aliphatic heterocycles. The molecule has 11 nitrogen and oxygen atoms in total. The lowest BCUT2D eigenvalue weighted by Gasteiger charge is -2.23. The number of rotatable bonds is 10. The molecule has 2 aromatic carbocycles. The lowest BCUT2D eigenvalue weighted by molar-refractivity contribution is -0.132. The fraction of sp³-hybridized carbons (Fsp3) is 0.370. The Labute approximate surface area is 222 Å². The first-order valence-electron chi connectivity index (χ1n) is 12.1. The third-order valence-electron chi connectivity index (χ3n) is 5.01. The fourth-order valence-electron chi connectivity index (χ4n) is 3.34. The maximum absolute atomic E-state index is 13.0. The highest BCUT2D eigenvalue weighted by molar-refractivity contribution is 5.92. The van der Waals surface area contributed by atoms with Gasteiger partial charge in [-0.2, -0.15) is 0 Å². The van der Waals surface area contributed by atoms with Gasteiger partial charge >= 0.3 is 6.09 Å². The smallest absolute Gasteiger partial charge is 0.408 e. The van der Waals surface area contributed by atoms with Crippen LogP contribution < -0.4 is 26.8 Å². The molecule has 2 atom stereocenters. The summed E-state index contributed by atoms with van der Waals surface area (Å²) in [5.74, 6) is -2.33. The van der Waals surface area contributed by atoms with Crippen molar-refractivity contribution in [3.63, 3.8) is 0 Å². The average Bonchev–Trinajstić information content (AvgIpc) is 2.85. The van der Waals surface area contributed by atoms with Gasteiger partial charge in [0.1, 0.15) is 17.7 Å². The minimum Gasteiger partial charge on any atom is -0.444 e. The summed E-state index contributed by atoms with van der Waals surface area (Å²) < 4.78 is 5.27. The highest BCUT2D eigenvalue weighted by Gasteiger charge is 2.26. The maximum Gasteiger partial charge on any atom is 0.408 e. The van der Waals surface area contributed by atoms with Gasteiger partial charge in [0.05, 0.1) is 6.54 Å². The van der Waals surface area contributed by atoms with Crippen molar-refractivity contribution in [3.05, 3.63) is 71.8 Å². The molecular weight excluding hydrogens is 490 g/mol. The SMILES string of the molecule is CC(=O)NNC(=O)[C@H](Cc1ccccc1)NC(=O)CNC(=O)[C@@H](Cc1ccccc1)NC(=O)OC(C)(C)C. The van der Waals surface area contributed by atoms with Gasteiger partial charge in [-0.1, -0.05) is 60.7 Å². The monoisotopic (exact) mass is 525 g/mol. The van der Waals surface area contributed by atoms with Crippen LogP contribution in [-0.4, -0.2) is 54.0 Å². The molecule has 2 aromatic rings. The molecule has 0 heterocycles. The van der Waals surface area contributed by atoms with Crippen LogP contribution in [0, 0.1) is 0 Å². The van der Waals surface area contributed by atoms with Gasteiger partial charge in [0.25, 0.3) is 5.91 Å². The largest absolute Gasteiger partial charge is 0.444 e. The molecule has 204 valence electrons. The number of alkyl carbamates (subject to hydrolysis) is 1. The second-order valence-electron chi connectivity index (χ2n) is 9.59. The molecule has 0 fully saturated rings. The van der Waals surface area contributed by atoms with E-state index >= 15 is 0 Å². The minimum absolute atomic E-state index is 0.156. The first-order chi connectivity index (χ1) is 17.9. The Hall–Kier alpha value is -4.41. The fourth-order valence-corrected chi connectivity index (χ4v) is 3.34. The maximum atomic E-state index is 13.0. The predicted molar refractivity (Wildman–Crippen MR) is 140 cm³/mol. The molecule has 5 amide bonds. The number of hydrogen-bond donors (Lipinski definition) is 5. The van der Waals surface area contributed by atoms with Crippen LogP contribution in [0.25, 0.3) is 0 Å². The van der Waals surface area contributed by atoms with Gasteiger partial charge in [0.15, 0.2) is 0 Å². The van der Waals surface area contributed by atoms with Gasteiger partial charge in [-0.05, 0) is 31.9 Å². The van der Waals surface area contributed by atoms with E-state index in [1.165, 1.54) is 6.92 Å². The second-order valence-corrected chi connectivity index (χ2v) is 9.59. The number of hydrogen-bond acceptors (Lipinski definition) is 6. The van der Waals surface area contributed by atoms with Gasteiger partial charge in [0, 0.05) is 19.8 Å². The van der Waals surface area contributed by atoms with Crippen LogP contribution in [0.2, 0.25) is 0 Å². The van der Waals surface area contributed by atoms with Crippen LogP contribution in [0.15, 0.2) is 60.7 Å². The summed E-state index contributed by atoms with van der Waals surface area (Å²) in [6, 6.07) is 16.0. The summed E-state index contributed by atoms with van der Waals surface area (Å²) in [5, 5.41) is 7.64. The topological polar surface area (TPSA) is 155 Å². The molecule has 0 unspecified atom stereocenters. The zero-order valence-corrected chi connectivity index (χ0v) is 22.0. The van der Waals surface area contributed by atoms with E-state index in [1.807, 2.05) is 36.4 Å². The lowest BCUT2D eigenvalue weighted by atomic mass is 10.1. The summed E-state index contributed by atoms with van der Waals surface area (Å²) in [6.45, 7) is 5.90. The quantitative estimate of drug-likeness (QED) is 0.293. The Kier molecular flexibility index (Phi) is 11.3. The second kappa shape index (κ2) is 14.4. The standard InChI is InChI=1S/C27H35N5O6/c1-18(33)31-32-25(36)22(16-20-13-9-6-10-14-20)29-23(34)17-28-24(35)21(15-19-11-7-5-8-12-19)30-26(37)38-27(2,3)4/h5-14,21-22H,15-17H2,1-4H3,(H,28,35)(H,29,34)(H,30,37)(H,31,33)(H,32,36)/t21-,22+/m1/s1. The third kappa shape index (κ3) is 11.5. The first-order valence-corrected chi connectivity index (χ1v) is 12.1. The third-order valence-corrected chi connectivity index (χ3v) is 5.01. The molecule has 2 rings (SSSR count). The number of ether oxygens (including phenoxy) is 1. The van der Waals surface area contributed by atoms with Crippen LogP contribution in [0.1, 0.15) is 38.8 Å². The zero-order chi connectivity index (χ0) is 28.1. The van der Waals surface area contributed by atoms with E-state index in [2.05, 4.69) is 26.8 Å². The average molecular weight is 526 g/mol. The van der Waals surface area contributed by atoms with Crippen LogP contribution in [0.4, 0.5) is 4.79 Å². The number of carbonyl (C=O) groups is 5. The van der Waals surface area contributed by atoms with Crippen molar-refractivity contribution in [2.24, 2.45) is 0 Å². The summed E-state index contributed by atoms with van der Waals surface area (Å²) in [4.78, 5) is 61.7. The van der Waals surface area contributed by atoms with E-state index in [0.717, 1.165) is 11.1 Å². The van der Waals surface area contributed by atoms with Crippen molar-refractivity contribution in [1.29, 1.82) is 0 Å². The Morgan fingerprint density at radius 3 is 1.71 bits per heavy atom. The normalized spacial score (nSPS) is 12.3. The van der Waals surface area contributed by atoms with E-state index in [1.54, 1.807) is 45.0 Å². The van der Waals surface area contributed by atoms with Gasteiger partial charge in [0.2, 0.25) is 17.7 Å². The van der Waals surface area contributed by atoms with Crippen molar-refractivity contribution in [2.75, 3.05) is 6.54 Å². The molecule has 5 N–H and O–H groups in total. The Bertz CT molecular complexity index is 1100. The predicted octanol–water partition coefficient (Wildman–Crippen LogP) is 1.13. The number of hydrazine groups is 1. The molecule has 0 aliphatic carbocycles. The van der Waals surface area contributed by atoms with Crippen molar-refractivity contribution < 1.29 is 28.7 Å². The minimum atomic E-state index is -1.02. The first kappa shape index (κ1) is 29.8. The summed E-state index contributed by atoms with van der Waals surface area (Å²) in [7, 11) is 0. The molecular formula is C27H35N5O6. The van der Waals surface area contributed by atoms with E-state index in [9.17, 15) is 24.0 Å². The van der Waals surface area contributed by atoms with E-state index in [4.69, 9.17) is 4.74 Å². The summed E-state index contributed by atoms with van der Waals surface area (Å²) >= 11 is 0. The van der Waals surface area contributed by atoms with Crippen LogP contribution in [-0.2, 0) is 36.8 Å². The highest BCUT2D eigenvalue weighted by atomic mass is 16.6. The van der Waals surface area contributed by atoms with Gasteiger partial charge in [-0.15, -0.1) is 0 Å². The van der Waals surface area contributed by atoms with Gasteiger partial charge < -0.3 is 20.7 Å². The molecule has 0 radical (unpaired) electrons. The molecule has 11 heteroatoms. The van der Waals surface area contributed by atoms with E-state index < -0.39 is 54.0 Å². The molecule has 0 saturated carbocycles. The Morgan fingerprint density at radius 1 is 0.737 bits per heavy atom. The number of carbonyl (C=O) groups excluding carboxylic acids is 5. The van der Waals surface area contributed by atoms with Gasteiger partial charge in [-0.25, -0.2) is 4.79 Å². The molecule has 0 aromatic heterocycles. The van der Waals surface area contributed by atoms with Crippen molar-refractivity contribution in [1.82, 2.24) is 26.8 Å². The molecule has 0 aliphatic rings. The zero-order valence-electron chi connectivity index (χ0n) is 22.0. The number of nitrogens with one attached hydrogen (secondary N) is 5. The number of amides is 5. The molecule has 0 spiro atoms. The highest BCUT2D eigenvalue weighted by Crippen LogP contribution is 2.09. The van der Waals surface area contributed by atoms with Gasteiger partial charge in [-0.3, -0.25) is 30.0 Å². The van der Waals surface area contributed by atoms with Crippen LogP contribution in [0.5, 0.6) is 0 Å². The van der Waals surface area contributed by atoms with Crippen LogP contribution >= 0.6 is 0 Å². The van der Waals surface area contributed by atoms with Crippen molar-refractivity contribution in [3.8, 4) is 0 Å². The Balaban J connectivity index is 2.04. The van der Waals surface area contributed by atoms with E-state index in [-0.39, 0.29) is 12.8 Å². The number of benzene rings is 2. The van der Waals surface area contributed by atoms with Crippen molar-refractivity contribution in [2.45, 2.75) is 58.2 Å². The lowest BCUT2D eigenvalue weighted by Crippen LogP contribution is -2.55. The van der Waals surface area contributed by atoms with E-state index in [0.29, 0.717) is 0 Å². The Morgan fingerprint density at radius 2 is 1.24 bits per heavy atom. The van der Waals surface area contributed by atoms with Crippen LogP contribution in [0.3, 0.4) is 0 Å². The molecule has 38 heavy (non-hydrogen) atoms. The summed E-state index contributed by atoms with van der Waals surface area (Å²) in [5.41, 5.74) is 5.27. The molecule has 0 saturated heterocycles.